The molecule has 14 heteroatoms. The third-order valence-corrected chi connectivity index (χ3v) is 9.72. The van der Waals surface area contributed by atoms with Crippen LogP contribution in [0.4, 0.5) is 14.9 Å². The van der Waals surface area contributed by atoms with Crippen LogP contribution in [0.1, 0.15) is 36.0 Å². The Balaban J connectivity index is 1.26. The van der Waals surface area contributed by atoms with Gasteiger partial charge < -0.3 is 20.1 Å². The van der Waals surface area contributed by atoms with Crippen LogP contribution >= 0.6 is 27.3 Å². The second kappa shape index (κ2) is 13.8. The molecule has 2 aromatic carbocycles. The summed E-state index contributed by atoms with van der Waals surface area (Å²) < 4.78 is 20.1. The number of nitrogens with zero attached hydrogens (tertiary/aromatic N) is 5. The highest BCUT2D eigenvalue weighted by molar-refractivity contribution is 9.10. The minimum atomic E-state index is -0.982. The first kappa shape index (κ1) is 32.5. The number of aromatic nitrogens is 1. The second-order valence-electron chi connectivity index (χ2n) is 11.3. The molecule has 2 fully saturated rings. The topological polar surface area (TPSA) is 128 Å². The number of fused-ring (bicyclic) bond motifs is 1. The molecule has 0 aliphatic carbocycles. The highest BCUT2D eigenvalue weighted by Crippen LogP contribution is 2.37. The van der Waals surface area contributed by atoms with Gasteiger partial charge in [-0.25, -0.2) is 23.8 Å². The zero-order chi connectivity index (χ0) is 33.2. The van der Waals surface area contributed by atoms with Crippen molar-refractivity contribution < 1.29 is 28.6 Å². The summed E-state index contributed by atoms with van der Waals surface area (Å²) in [6.45, 7) is 5.92. The fourth-order valence-corrected chi connectivity index (χ4v) is 7.14. The van der Waals surface area contributed by atoms with Gasteiger partial charge in [-0.15, -0.1) is 11.3 Å². The van der Waals surface area contributed by atoms with Crippen molar-refractivity contribution in [3.8, 4) is 0 Å². The number of carboxylic acids is 1. The molecule has 0 bridgehead atoms. The SMILES string of the molecule is CCOC(=O)C1=C(CN2CCN3C(=O)N(c4ccc(/C=C(\C)C(=O)O)cc4)C[C@@H]3C2)NC(c2nccs2)=N[C@H]1c1ccc(F)cc1Br. The second-order valence-corrected chi connectivity index (χ2v) is 13.1. The van der Waals surface area contributed by atoms with Crippen LogP contribution in [0.25, 0.3) is 6.08 Å². The Bertz CT molecular complexity index is 1790. The molecule has 3 aromatic rings. The van der Waals surface area contributed by atoms with Gasteiger partial charge in [-0.2, -0.15) is 0 Å². The minimum Gasteiger partial charge on any atom is -0.478 e. The highest BCUT2D eigenvalue weighted by Gasteiger charge is 2.42. The molecule has 3 aliphatic rings. The van der Waals surface area contributed by atoms with Gasteiger partial charge in [-0.1, -0.05) is 34.1 Å². The van der Waals surface area contributed by atoms with E-state index in [0.29, 0.717) is 64.9 Å². The third-order valence-electron chi connectivity index (χ3n) is 8.26. The molecule has 2 atom stereocenters. The van der Waals surface area contributed by atoms with E-state index >= 15 is 0 Å². The number of benzene rings is 2. The summed E-state index contributed by atoms with van der Waals surface area (Å²) in [5.41, 5.74) is 3.26. The van der Waals surface area contributed by atoms with E-state index in [9.17, 15) is 23.9 Å². The molecule has 2 N–H and O–H groups in total. The number of aliphatic imine (C=N–C) groups is 1. The lowest BCUT2D eigenvalue weighted by Gasteiger charge is -2.38. The normalized spacial score (nSPS) is 20.2. The number of rotatable bonds is 9. The van der Waals surface area contributed by atoms with Crippen molar-refractivity contribution >= 4 is 62.8 Å². The van der Waals surface area contributed by atoms with Crippen molar-refractivity contribution in [3.05, 3.63) is 97.3 Å². The molecular weight excluding hydrogens is 691 g/mol. The minimum absolute atomic E-state index is 0.0821. The summed E-state index contributed by atoms with van der Waals surface area (Å²) in [5, 5.41) is 15.0. The number of amidine groups is 1. The number of halogens is 2. The highest BCUT2D eigenvalue weighted by atomic mass is 79.9. The lowest BCUT2D eigenvalue weighted by molar-refractivity contribution is -0.139. The van der Waals surface area contributed by atoms with Crippen molar-refractivity contribution in [1.82, 2.24) is 20.1 Å². The van der Waals surface area contributed by atoms with Crippen LogP contribution in [-0.4, -0.2) is 89.1 Å². The molecule has 244 valence electrons. The number of hydrogen-bond acceptors (Lipinski definition) is 9. The van der Waals surface area contributed by atoms with Gasteiger partial charge in [0, 0.05) is 65.7 Å². The number of piperazine rings is 1. The van der Waals surface area contributed by atoms with E-state index in [4.69, 9.17) is 9.73 Å². The number of carbonyl (C=O) groups is 3. The average molecular weight is 724 g/mol. The number of carbonyl (C=O) groups excluding carboxylic acids is 2. The van der Waals surface area contributed by atoms with E-state index in [0.717, 1.165) is 11.3 Å². The number of thiazole rings is 1. The molecule has 3 aliphatic heterocycles. The lowest BCUT2D eigenvalue weighted by Crippen LogP contribution is -2.53. The first-order valence-electron chi connectivity index (χ1n) is 15.0. The summed E-state index contributed by atoms with van der Waals surface area (Å²) >= 11 is 4.88. The lowest BCUT2D eigenvalue weighted by atomic mass is 9.95. The summed E-state index contributed by atoms with van der Waals surface area (Å²) in [7, 11) is 0. The van der Waals surface area contributed by atoms with E-state index in [1.807, 2.05) is 22.4 Å². The first-order valence-corrected chi connectivity index (χ1v) is 16.7. The summed E-state index contributed by atoms with van der Waals surface area (Å²) in [4.78, 5) is 53.3. The maximum Gasteiger partial charge on any atom is 0.338 e. The number of esters is 1. The maximum absolute atomic E-state index is 14.1. The van der Waals surface area contributed by atoms with Crippen LogP contribution in [-0.2, 0) is 14.3 Å². The molecule has 2 saturated heterocycles. The molecular formula is C33H32BrFN6O5S. The predicted octanol–water partition coefficient (Wildman–Crippen LogP) is 5.07. The molecule has 1 aromatic heterocycles. The third kappa shape index (κ3) is 6.85. The van der Waals surface area contributed by atoms with E-state index in [1.165, 1.54) is 30.4 Å². The molecule has 0 unspecified atom stereocenters. The molecule has 2 amide bonds. The predicted molar refractivity (Wildman–Crippen MR) is 180 cm³/mol. The largest absolute Gasteiger partial charge is 0.478 e. The molecule has 11 nitrogen and oxygen atoms in total. The van der Waals surface area contributed by atoms with E-state index < -0.39 is 23.8 Å². The number of carboxylic acid groups (broad SMARTS) is 1. The monoisotopic (exact) mass is 722 g/mol. The Kier molecular flexibility index (Phi) is 9.52. The summed E-state index contributed by atoms with van der Waals surface area (Å²) in [5.74, 6) is -1.41. The Morgan fingerprint density at radius 2 is 1.98 bits per heavy atom. The quantitative estimate of drug-likeness (QED) is 0.232. The Morgan fingerprint density at radius 3 is 2.66 bits per heavy atom. The Hall–Kier alpha value is -4.40. The van der Waals surface area contributed by atoms with Gasteiger partial charge >= 0.3 is 18.0 Å². The van der Waals surface area contributed by atoms with Gasteiger partial charge in [0.1, 0.15) is 11.9 Å². The van der Waals surface area contributed by atoms with Crippen molar-refractivity contribution in [2.45, 2.75) is 25.9 Å². The fraction of sp³-hybridized carbons (Fsp3) is 0.303. The molecule has 0 spiro atoms. The van der Waals surface area contributed by atoms with E-state index in [2.05, 4.69) is 31.1 Å². The van der Waals surface area contributed by atoms with Gasteiger partial charge in [0.25, 0.3) is 0 Å². The number of amides is 2. The van der Waals surface area contributed by atoms with E-state index in [1.54, 1.807) is 42.3 Å². The van der Waals surface area contributed by atoms with Crippen LogP contribution in [0.15, 0.2) is 80.3 Å². The maximum atomic E-state index is 14.1. The molecule has 0 radical (unpaired) electrons. The van der Waals surface area contributed by atoms with Crippen molar-refractivity contribution in [2.24, 2.45) is 4.99 Å². The van der Waals surface area contributed by atoms with Crippen molar-refractivity contribution in [3.63, 3.8) is 0 Å². The number of ether oxygens (including phenoxy) is 1. The van der Waals surface area contributed by atoms with Crippen LogP contribution in [0.3, 0.4) is 0 Å². The number of aliphatic carboxylic acids is 1. The molecule has 4 heterocycles. The zero-order valence-corrected chi connectivity index (χ0v) is 28.1. The summed E-state index contributed by atoms with van der Waals surface area (Å²) in [6.07, 6.45) is 3.27. The van der Waals surface area contributed by atoms with Gasteiger partial charge in [0.2, 0.25) is 0 Å². The standard InChI is InChI=1S/C33H32BrFN6O5S/c1-3-46-32(44)27-26(37-29(30-36-10-13-47-30)38-28(27)24-9-6-21(35)15-25(24)34)18-39-11-12-40-23(16-39)17-41(33(40)45)22-7-4-20(5-8-22)14-19(2)31(42)43/h4-10,13-15,23,28H,3,11-12,16-18H2,1-2H3,(H,37,38)(H,42,43)/b19-14+/t23-,28-/m0/s1. The molecule has 6 rings (SSSR count). The van der Waals surface area contributed by atoms with Crippen LogP contribution in [0.5, 0.6) is 0 Å². The number of hydrogen-bond donors (Lipinski definition) is 2. The Labute approximate surface area is 283 Å². The smallest absolute Gasteiger partial charge is 0.338 e. The van der Waals surface area contributed by atoms with E-state index in [-0.39, 0.29) is 24.3 Å². The fourth-order valence-electron chi connectivity index (χ4n) is 5.98. The van der Waals surface area contributed by atoms with Crippen LogP contribution in [0.2, 0.25) is 0 Å². The van der Waals surface area contributed by atoms with Crippen LogP contribution < -0.4 is 10.2 Å². The average Bonchev–Trinajstić information content (AvgIpc) is 3.70. The van der Waals surface area contributed by atoms with Gasteiger partial charge in [0.15, 0.2) is 10.8 Å². The van der Waals surface area contributed by atoms with Crippen LogP contribution in [0, 0.1) is 5.82 Å². The number of anilines is 1. The van der Waals surface area contributed by atoms with Gasteiger partial charge in [-0.3, -0.25) is 14.8 Å². The van der Waals surface area contributed by atoms with Crippen molar-refractivity contribution in [2.75, 3.05) is 44.2 Å². The first-order chi connectivity index (χ1) is 22.6. The number of nitrogens with one attached hydrogen (secondary N) is 1. The van der Waals surface area contributed by atoms with Gasteiger partial charge in [0.05, 0.1) is 18.2 Å². The molecule has 47 heavy (non-hydrogen) atoms. The summed E-state index contributed by atoms with van der Waals surface area (Å²) in [6, 6.07) is 10.6. The zero-order valence-electron chi connectivity index (χ0n) is 25.7. The molecule has 0 saturated carbocycles. The number of urea groups is 1. The van der Waals surface area contributed by atoms with Gasteiger partial charge in [-0.05, 0) is 55.3 Å². The van der Waals surface area contributed by atoms with Crippen molar-refractivity contribution in [1.29, 1.82) is 0 Å². The Morgan fingerprint density at radius 1 is 1.19 bits per heavy atom.